The highest BCUT2D eigenvalue weighted by Gasteiger charge is 2.32. The van der Waals surface area contributed by atoms with Crippen molar-refractivity contribution in [1.82, 2.24) is 5.32 Å². The van der Waals surface area contributed by atoms with E-state index in [0.29, 0.717) is 0 Å². The number of carbonyl (C=O) groups is 1. The van der Waals surface area contributed by atoms with Crippen molar-refractivity contribution in [3.05, 3.63) is 35.6 Å². The van der Waals surface area contributed by atoms with Gasteiger partial charge in [-0.25, -0.2) is 0 Å². The molecular weight excluding hydrogens is 176 g/mol. The van der Waals surface area contributed by atoms with Gasteiger partial charge in [0.25, 0.3) is 0 Å². The molecule has 0 aromatic carbocycles. The third-order valence-electron chi connectivity index (χ3n) is 2.43. The van der Waals surface area contributed by atoms with Gasteiger partial charge in [0.1, 0.15) is 0 Å². The van der Waals surface area contributed by atoms with Crippen molar-refractivity contribution in [2.45, 2.75) is 12.8 Å². The summed E-state index contributed by atoms with van der Waals surface area (Å²) in [6.45, 7) is 0. The average molecular weight is 186 g/mol. The van der Waals surface area contributed by atoms with E-state index < -0.39 is 0 Å². The van der Waals surface area contributed by atoms with Crippen LogP contribution in [0.2, 0.25) is 0 Å². The summed E-state index contributed by atoms with van der Waals surface area (Å²) < 4.78 is 0. The second kappa shape index (κ2) is 3.51. The molecule has 1 N–H and O–H groups in total. The van der Waals surface area contributed by atoms with E-state index in [0.717, 1.165) is 17.7 Å². The van der Waals surface area contributed by atoms with Crippen LogP contribution in [0.25, 0.3) is 0 Å². The van der Waals surface area contributed by atoms with Crippen LogP contribution in [0.5, 0.6) is 0 Å². The fourth-order valence-corrected chi connectivity index (χ4v) is 1.73. The lowest BCUT2D eigenvalue weighted by atomic mass is 9.97. The summed E-state index contributed by atoms with van der Waals surface area (Å²) in [6.07, 6.45) is 8.93. The second-order valence-electron chi connectivity index (χ2n) is 3.31. The first-order valence-corrected chi connectivity index (χ1v) is 4.58. The molecule has 0 saturated carbocycles. The largest absolute Gasteiger partial charge is 0.326 e. The van der Waals surface area contributed by atoms with E-state index in [9.17, 15) is 4.79 Å². The van der Waals surface area contributed by atoms with Gasteiger partial charge < -0.3 is 5.32 Å². The molecule has 0 aromatic heterocycles. The Kier molecular flexibility index (Phi) is 2.19. The van der Waals surface area contributed by atoms with Gasteiger partial charge in [0, 0.05) is 5.70 Å². The number of hydrogen-bond donors (Lipinski definition) is 1. The summed E-state index contributed by atoms with van der Waals surface area (Å²) in [4.78, 5) is 11.5. The zero-order valence-electron chi connectivity index (χ0n) is 7.66. The Hall–Kier alpha value is -1.82. The summed E-state index contributed by atoms with van der Waals surface area (Å²) in [5.41, 5.74) is 1.82. The first-order valence-electron chi connectivity index (χ1n) is 4.58. The molecular formula is C11H10N2O. The maximum atomic E-state index is 11.5. The van der Waals surface area contributed by atoms with Gasteiger partial charge in [-0.2, -0.15) is 5.26 Å². The first-order chi connectivity index (χ1) is 6.83. The van der Waals surface area contributed by atoms with E-state index in [1.807, 2.05) is 30.4 Å². The maximum Gasteiger partial charge on any atom is 0.233 e. The zero-order chi connectivity index (χ0) is 9.97. The predicted molar refractivity (Wildman–Crippen MR) is 51.8 cm³/mol. The number of carbonyl (C=O) groups excluding carboxylic acids is 1. The molecule has 2 aliphatic rings. The first kappa shape index (κ1) is 8.76. The van der Waals surface area contributed by atoms with Gasteiger partial charge in [-0.1, -0.05) is 24.3 Å². The molecule has 0 radical (unpaired) electrons. The van der Waals surface area contributed by atoms with Crippen molar-refractivity contribution in [2.75, 3.05) is 0 Å². The topological polar surface area (TPSA) is 52.9 Å². The minimum absolute atomic E-state index is 0.0562. The van der Waals surface area contributed by atoms with Crippen molar-refractivity contribution in [3.8, 4) is 6.07 Å². The van der Waals surface area contributed by atoms with Crippen LogP contribution in [0.4, 0.5) is 0 Å². The van der Waals surface area contributed by atoms with Crippen molar-refractivity contribution >= 4 is 5.91 Å². The molecule has 1 aliphatic carbocycles. The smallest absolute Gasteiger partial charge is 0.233 e. The van der Waals surface area contributed by atoms with Crippen LogP contribution in [0.15, 0.2) is 35.6 Å². The number of nitriles is 1. The predicted octanol–water partition coefficient (Wildman–Crippen LogP) is 1.42. The lowest BCUT2D eigenvalue weighted by Crippen LogP contribution is -2.18. The molecule has 3 nitrogen and oxygen atoms in total. The third kappa shape index (κ3) is 1.35. The molecule has 0 aromatic rings. The van der Waals surface area contributed by atoms with Gasteiger partial charge in [-0.15, -0.1) is 0 Å². The lowest BCUT2D eigenvalue weighted by Gasteiger charge is -2.01. The second-order valence-corrected chi connectivity index (χ2v) is 3.31. The number of allylic oxidation sites excluding steroid dienone is 5. The molecule has 1 heterocycles. The van der Waals surface area contributed by atoms with Crippen LogP contribution in [-0.2, 0) is 4.79 Å². The zero-order valence-corrected chi connectivity index (χ0v) is 7.66. The van der Waals surface area contributed by atoms with Crippen LogP contribution in [0.1, 0.15) is 12.8 Å². The number of fused-ring (bicyclic) bond motifs is 1. The van der Waals surface area contributed by atoms with Crippen molar-refractivity contribution in [2.24, 2.45) is 5.92 Å². The van der Waals surface area contributed by atoms with E-state index in [4.69, 9.17) is 5.26 Å². The van der Waals surface area contributed by atoms with Crippen molar-refractivity contribution < 1.29 is 4.79 Å². The molecule has 70 valence electrons. The lowest BCUT2D eigenvalue weighted by molar-refractivity contribution is -0.121. The highest BCUT2D eigenvalue weighted by molar-refractivity contribution is 5.90. The van der Waals surface area contributed by atoms with Crippen molar-refractivity contribution in [1.29, 1.82) is 5.26 Å². The molecule has 3 heteroatoms. The van der Waals surface area contributed by atoms with E-state index in [-0.39, 0.29) is 18.2 Å². The fourth-order valence-electron chi connectivity index (χ4n) is 1.73. The molecule has 1 fully saturated rings. The molecule has 2 rings (SSSR count). The Morgan fingerprint density at radius 2 is 2.50 bits per heavy atom. The molecule has 0 spiro atoms. The van der Waals surface area contributed by atoms with Crippen LogP contribution in [0, 0.1) is 17.2 Å². The van der Waals surface area contributed by atoms with Gasteiger partial charge in [-0.3, -0.25) is 4.79 Å². The van der Waals surface area contributed by atoms with Gasteiger partial charge >= 0.3 is 0 Å². The third-order valence-corrected chi connectivity index (χ3v) is 2.43. The molecule has 1 aliphatic heterocycles. The van der Waals surface area contributed by atoms with Gasteiger partial charge in [0.15, 0.2) is 0 Å². The molecule has 1 amide bonds. The average Bonchev–Trinajstić information content (AvgIpc) is 2.39. The summed E-state index contributed by atoms with van der Waals surface area (Å²) in [7, 11) is 0. The number of nitrogens with one attached hydrogen (secondary N) is 1. The molecule has 1 saturated heterocycles. The van der Waals surface area contributed by atoms with E-state index in [1.165, 1.54) is 0 Å². The summed E-state index contributed by atoms with van der Waals surface area (Å²) in [5, 5.41) is 11.4. The number of amides is 1. The van der Waals surface area contributed by atoms with E-state index in [2.05, 4.69) is 5.32 Å². The Labute approximate surface area is 82.4 Å². The fraction of sp³-hybridized carbons (Fsp3) is 0.273. The Morgan fingerprint density at radius 1 is 1.64 bits per heavy atom. The van der Waals surface area contributed by atoms with Crippen LogP contribution >= 0.6 is 0 Å². The normalized spacial score (nSPS) is 24.2. The molecule has 14 heavy (non-hydrogen) atoms. The van der Waals surface area contributed by atoms with Crippen LogP contribution < -0.4 is 5.32 Å². The Balaban J connectivity index is 2.36. The van der Waals surface area contributed by atoms with Gasteiger partial charge in [0.05, 0.1) is 18.4 Å². The minimum atomic E-state index is -0.283. The monoisotopic (exact) mass is 186 g/mol. The maximum absolute atomic E-state index is 11.5. The molecule has 1 atom stereocenters. The Morgan fingerprint density at radius 3 is 3.29 bits per heavy atom. The highest BCUT2D eigenvalue weighted by atomic mass is 16.2. The standard InChI is InChI=1S/C11H10N2O/c12-7-6-9-8-4-2-1-3-5-10(8)13-11(9)14/h1-2,4-5,9H,3,6H2,(H,13,14). The quantitative estimate of drug-likeness (QED) is 0.673. The Bertz CT molecular complexity index is 396. The summed E-state index contributed by atoms with van der Waals surface area (Å²) in [6, 6.07) is 2.04. The summed E-state index contributed by atoms with van der Waals surface area (Å²) in [5.74, 6) is -0.339. The SMILES string of the molecule is N#CCC1C(=O)NC2=CCC=CC=C21. The van der Waals surface area contributed by atoms with Crippen LogP contribution in [0.3, 0.4) is 0 Å². The summed E-state index contributed by atoms with van der Waals surface area (Å²) >= 11 is 0. The van der Waals surface area contributed by atoms with E-state index >= 15 is 0 Å². The molecule has 1 unspecified atom stereocenters. The highest BCUT2D eigenvalue weighted by Crippen LogP contribution is 2.29. The minimum Gasteiger partial charge on any atom is -0.326 e. The van der Waals surface area contributed by atoms with Gasteiger partial charge in [-0.05, 0) is 12.0 Å². The number of hydrogen-bond acceptors (Lipinski definition) is 2. The number of rotatable bonds is 1. The van der Waals surface area contributed by atoms with Gasteiger partial charge in [0.2, 0.25) is 5.91 Å². The number of nitrogens with zero attached hydrogens (tertiary/aromatic N) is 1. The van der Waals surface area contributed by atoms with E-state index in [1.54, 1.807) is 0 Å². The van der Waals surface area contributed by atoms with Crippen molar-refractivity contribution in [3.63, 3.8) is 0 Å². The molecule has 0 bridgehead atoms. The van der Waals surface area contributed by atoms with Crippen LogP contribution in [-0.4, -0.2) is 5.91 Å².